The lowest BCUT2D eigenvalue weighted by Gasteiger charge is -2.53. The summed E-state index contributed by atoms with van der Waals surface area (Å²) < 4.78 is 43.5. The van der Waals surface area contributed by atoms with Crippen LogP contribution in [-0.2, 0) is 23.4 Å². The maximum atomic E-state index is 11.7. The van der Waals surface area contributed by atoms with E-state index in [4.69, 9.17) is 32.8 Å². The number of nitrogens with one attached hydrogen (secondary N) is 1. The molecule has 9 nitrogen and oxygen atoms in total. The Bertz CT molecular complexity index is 1360. The van der Waals surface area contributed by atoms with Crippen molar-refractivity contribution < 1.29 is 38.0 Å². The summed E-state index contributed by atoms with van der Waals surface area (Å²) in [5.74, 6) is -1.22. The molecule has 0 amide bonds. The van der Waals surface area contributed by atoms with Gasteiger partial charge in [0, 0.05) is 32.5 Å². The highest BCUT2D eigenvalue weighted by Gasteiger charge is 2.59. The van der Waals surface area contributed by atoms with E-state index in [1.165, 1.54) is 7.11 Å². The molecule has 2 aliphatic rings. The van der Waals surface area contributed by atoms with Crippen LogP contribution in [0.4, 0.5) is 5.69 Å². The van der Waals surface area contributed by atoms with Crippen molar-refractivity contribution in [2.24, 2.45) is 0 Å². The van der Waals surface area contributed by atoms with Crippen molar-refractivity contribution in [3.05, 3.63) is 78.9 Å². The number of methoxy groups -OCH3 is 2. The SMILES string of the molecule is CO[C@@]1(C)O[C@H]([C@H](O)CNc2ccc3c(c2)OCCO3)[C@@H](CO[Si](c2ccccc2)(c2ccccc2)C(C)(C)C)O[C@]1(C)OC. The second kappa shape index (κ2) is 13.4. The fourth-order valence-electron chi connectivity index (χ4n) is 6.29. The Labute approximate surface area is 267 Å². The summed E-state index contributed by atoms with van der Waals surface area (Å²) in [6, 6.07) is 26.5. The normalized spacial score (nSPS) is 25.9. The molecule has 0 bridgehead atoms. The van der Waals surface area contributed by atoms with Crippen molar-refractivity contribution in [3.8, 4) is 11.5 Å². The van der Waals surface area contributed by atoms with Gasteiger partial charge in [0.1, 0.15) is 31.5 Å². The second-order valence-electron chi connectivity index (χ2n) is 12.8. The summed E-state index contributed by atoms with van der Waals surface area (Å²) in [6.07, 6.45) is -2.51. The zero-order chi connectivity index (χ0) is 32.3. The first kappa shape index (κ1) is 33.4. The molecule has 1 fully saturated rings. The maximum Gasteiger partial charge on any atom is 0.261 e. The number of aliphatic hydroxyl groups is 1. The highest BCUT2D eigenvalue weighted by molar-refractivity contribution is 6.99. The molecule has 0 spiro atoms. The molecule has 0 radical (unpaired) electrons. The Kier molecular flexibility index (Phi) is 9.95. The van der Waals surface area contributed by atoms with Crippen LogP contribution in [-0.4, -0.2) is 83.9 Å². The predicted molar refractivity (Wildman–Crippen MR) is 176 cm³/mol. The van der Waals surface area contributed by atoms with Gasteiger partial charge in [-0.25, -0.2) is 0 Å². The number of ether oxygens (including phenoxy) is 6. The third kappa shape index (κ3) is 6.51. The number of hydrogen-bond donors (Lipinski definition) is 2. The average Bonchev–Trinajstić information content (AvgIpc) is 3.05. The van der Waals surface area contributed by atoms with E-state index in [1.807, 2.05) is 30.3 Å². The minimum Gasteiger partial charge on any atom is -0.486 e. The van der Waals surface area contributed by atoms with Gasteiger partial charge in [0.2, 0.25) is 11.6 Å². The molecule has 0 aromatic heterocycles. The van der Waals surface area contributed by atoms with Gasteiger partial charge in [0.05, 0.1) is 6.61 Å². The van der Waals surface area contributed by atoms with E-state index in [2.05, 4.69) is 74.6 Å². The Balaban J connectivity index is 1.45. The molecular formula is C35H47NO8Si. The first-order chi connectivity index (χ1) is 21.5. The molecule has 0 aliphatic carbocycles. The number of benzene rings is 3. The number of fused-ring (bicyclic) bond motifs is 1. The number of rotatable bonds is 11. The Morgan fingerprint density at radius 2 is 1.40 bits per heavy atom. The number of hydrogen-bond acceptors (Lipinski definition) is 9. The first-order valence-electron chi connectivity index (χ1n) is 15.5. The van der Waals surface area contributed by atoms with Crippen LogP contribution in [0.3, 0.4) is 0 Å². The van der Waals surface area contributed by atoms with Crippen molar-refractivity contribution >= 4 is 24.4 Å². The van der Waals surface area contributed by atoms with Crippen molar-refractivity contribution in [1.29, 1.82) is 0 Å². The van der Waals surface area contributed by atoms with E-state index in [0.717, 1.165) is 16.1 Å². The summed E-state index contributed by atoms with van der Waals surface area (Å²) in [6.45, 7) is 11.5. The van der Waals surface area contributed by atoms with Gasteiger partial charge in [-0.1, -0.05) is 81.4 Å². The molecule has 2 N–H and O–H groups in total. The van der Waals surface area contributed by atoms with Crippen LogP contribution >= 0.6 is 0 Å². The molecule has 5 rings (SSSR count). The smallest absolute Gasteiger partial charge is 0.261 e. The fraction of sp³-hybridized carbons (Fsp3) is 0.486. The predicted octanol–water partition coefficient (Wildman–Crippen LogP) is 4.32. The van der Waals surface area contributed by atoms with E-state index in [0.29, 0.717) is 24.7 Å². The monoisotopic (exact) mass is 637 g/mol. The van der Waals surface area contributed by atoms with Crippen LogP contribution in [0.1, 0.15) is 34.6 Å². The van der Waals surface area contributed by atoms with Gasteiger partial charge >= 0.3 is 0 Å². The molecule has 10 heteroatoms. The molecule has 0 saturated carbocycles. The first-order valence-corrected chi connectivity index (χ1v) is 17.4. The number of aliphatic hydroxyl groups excluding tert-OH is 1. The van der Waals surface area contributed by atoms with E-state index in [1.54, 1.807) is 21.0 Å². The van der Waals surface area contributed by atoms with Crippen LogP contribution in [0.5, 0.6) is 11.5 Å². The van der Waals surface area contributed by atoms with Gasteiger partial charge in [-0.15, -0.1) is 0 Å². The van der Waals surface area contributed by atoms with Crippen molar-refractivity contribution in [1.82, 2.24) is 0 Å². The lowest BCUT2D eigenvalue weighted by Crippen LogP contribution is -2.70. The standard InChI is InChI=1S/C35H47NO8Si/c1-33(2,3)45(26-14-10-8-11-15-26,27-16-12-9-13-17-27)42-24-31-32(44-35(5,39-7)34(4,38-6)43-31)28(37)23-36-25-18-19-29-30(22-25)41-21-20-40-29/h8-19,22,28,31-32,36-37H,20-21,23-24H2,1-7H3/t28-,31-,32-,34+,35+/m1/s1. The molecule has 0 unspecified atom stereocenters. The lowest BCUT2D eigenvalue weighted by molar-refractivity contribution is -0.454. The lowest BCUT2D eigenvalue weighted by atomic mass is 10.0. The van der Waals surface area contributed by atoms with Gasteiger partial charge in [-0.05, 0) is 41.4 Å². The Morgan fingerprint density at radius 3 is 1.96 bits per heavy atom. The second-order valence-corrected chi connectivity index (χ2v) is 17.1. The topological polar surface area (TPSA) is 96.9 Å². The van der Waals surface area contributed by atoms with Gasteiger partial charge in [-0.3, -0.25) is 0 Å². The molecule has 5 atom stereocenters. The summed E-state index contributed by atoms with van der Waals surface area (Å²) >= 11 is 0. The zero-order valence-electron chi connectivity index (χ0n) is 27.4. The van der Waals surface area contributed by atoms with E-state index >= 15 is 0 Å². The highest BCUT2D eigenvalue weighted by atomic mass is 28.4. The van der Waals surface area contributed by atoms with E-state index in [-0.39, 0.29) is 18.2 Å². The number of anilines is 1. The highest BCUT2D eigenvalue weighted by Crippen LogP contribution is 2.42. The maximum absolute atomic E-state index is 11.7. The average molecular weight is 638 g/mol. The fourth-order valence-corrected chi connectivity index (χ4v) is 10.9. The van der Waals surface area contributed by atoms with Gasteiger partial charge < -0.3 is 43.3 Å². The van der Waals surface area contributed by atoms with Crippen molar-refractivity contribution in [3.63, 3.8) is 0 Å². The van der Waals surface area contributed by atoms with Gasteiger partial charge in [0.15, 0.2) is 11.5 Å². The van der Waals surface area contributed by atoms with Crippen molar-refractivity contribution in [2.45, 2.75) is 69.5 Å². The minimum atomic E-state index is -2.91. The Hall–Kier alpha value is -2.96. The van der Waals surface area contributed by atoms with E-state index < -0.39 is 38.2 Å². The molecule has 1 saturated heterocycles. The Morgan fingerprint density at radius 1 is 0.844 bits per heavy atom. The van der Waals surface area contributed by atoms with Crippen LogP contribution in [0.2, 0.25) is 5.04 Å². The molecule has 2 heterocycles. The van der Waals surface area contributed by atoms with Gasteiger partial charge in [0.25, 0.3) is 8.32 Å². The molecule has 2 aliphatic heterocycles. The molecule has 3 aromatic carbocycles. The summed E-state index contributed by atoms with van der Waals surface area (Å²) in [7, 11) is 0.181. The third-order valence-corrected chi connectivity index (χ3v) is 14.0. The third-order valence-electron chi connectivity index (χ3n) is 9.03. The molecule has 3 aromatic rings. The van der Waals surface area contributed by atoms with E-state index in [9.17, 15) is 5.11 Å². The zero-order valence-corrected chi connectivity index (χ0v) is 28.4. The van der Waals surface area contributed by atoms with Gasteiger partial charge in [-0.2, -0.15) is 0 Å². The quantitative estimate of drug-likeness (QED) is 0.298. The minimum absolute atomic E-state index is 0.151. The van der Waals surface area contributed by atoms with Crippen LogP contribution in [0.25, 0.3) is 0 Å². The van der Waals surface area contributed by atoms with Crippen LogP contribution < -0.4 is 25.2 Å². The molecular weight excluding hydrogens is 590 g/mol. The van der Waals surface area contributed by atoms with Crippen LogP contribution in [0.15, 0.2) is 78.9 Å². The van der Waals surface area contributed by atoms with Crippen LogP contribution in [0, 0.1) is 0 Å². The largest absolute Gasteiger partial charge is 0.486 e. The summed E-state index contributed by atoms with van der Waals surface area (Å²) in [5, 5.41) is 17.0. The molecule has 244 valence electrons. The summed E-state index contributed by atoms with van der Waals surface area (Å²) in [4.78, 5) is 0. The summed E-state index contributed by atoms with van der Waals surface area (Å²) in [5.41, 5.74) is 0.784. The molecule has 45 heavy (non-hydrogen) atoms. The van der Waals surface area contributed by atoms with Crippen molar-refractivity contribution in [2.75, 3.05) is 45.9 Å².